The van der Waals surface area contributed by atoms with E-state index in [2.05, 4.69) is 30.3 Å². The predicted octanol–water partition coefficient (Wildman–Crippen LogP) is 6.92. The van der Waals surface area contributed by atoms with E-state index < -0.39 is 11.6 Å². The Morgan fingerprint density at radius 1 is 0.714 bits per heavy atom. The molecule has 1 atom stereocenters. The Hall–Kier alpha value is -1.35. The fraction of sp³-hybridized carbons (Fsp3) is 0.720. The van der Waals surface area contributed by atoms with Gasteiger partial charge in [0.1, 0.15) is 0 Å². The Morgan fingerprint density at radius 2 is 1.11 bits per heavy atom. The molecule has 0 saturated carbocycles. The fourth-order valence-corrected chi connectivity index (χ4v) is 3.67. The lowest BCUT2D eigenvalue weighted by atomic mass is 9.97. The molecule has 1 rings (SSSR count). The summed E-state index contributed by atoms with van der Waals surface area (Å²) in [5.74, 6) is -1.11. The van der Waals surface area contributed by atoms with Crippen LogP contribution in [0.15, 0.2) is 30.3 Å². The van der Waals surface area contributed by atoms with Gasteiger partial charge < -0.3 is 10.2 Å². The van der Waals surface area contributed by atoms with Crippen molar-refractivity contribution >= 4 is 5.97 Å². The van der Waals surface area contributed by atoms with Crippen LogP contribution in [0.4, 0.5) is 0 Å². The van der Waals surface area contributed by atoms with Crippen LogP contribution in [-0.4, -0.2) is 21.8 Å². The molecule has 0 aliphatic heterocycles. The Bertz CT molecular complexity index is 496. The van der Waals surface area contributed by atoms with Gasteiger partial charge in [-0.1, -0.05) is 107 Å². The Kier molecular flexibility index (Phi) is 13.7. The first kappa shape index (κ1) is 24.7. The van der Waals surface area contributed by atoms with Gasteiger partial charge in [0.05, 0.1) is 0 Å². The predicted molar refractivity (Wildman–Crippen MR) is 118 cm³/mol. The molecule has 0 saturated heterocycles. The number of carboxylic acid groups (broad SMARTS) is 1. The number of aryl methyl sites for hydroxylation is 1. The summed E-state index contributed by atoms with van der Waals surface area (Å²) in [6.45, 7) is 1.39. The van der Waals surface area contributed by atoms with Gasteiger partial charge in [-0.3, -0.25) is 0 Å². The van der Waals surface area contributed by atoms with E-state index >= 15 is 0 Å². The number of hydrogen-bond donors (Lipinski definition) is 2. The first-order valence-electron chi connectivity index (χ1n) is 11.5. The second-order valence-corrected chi connectivity index (χ2v) is 8.51. The number of carbonyl (C=O) groups is 1. The zero-order valence-corrected chi connectivity index (χ0v) is 18.0. The van der Waals surface area contributed by atoms with Crippen LogP contribution in [0.25, 0.3) is 0 Å². The van der Waals surface area contributed by atoms with E-state index in [0.717, 1.165) is 19.3 Å². The maximum absolute atomic E-state index is 10.8. The Balaban J connectivity index is 1.76. The molecule has 2 N–H and O–H groups in total. The van der Waals surface area contributed by atoms with Crippen LogP contribution >= 0.6 is 0 Å². The van der Waals surface area contributed by atoms with Crippen molar-refractivity contribution in [3.8, 4) is 0 Å². The van der Waals surface area contributed by atoms with Gasteiger partial charge in [-0.05, 0) is 38.2 Å². The minimum atomic E-state index is -1.55. The molecule has 0 radical (unpaired) electrons. The highest BCUT2D eigenvalue weighted by molar-refractivity contribution is 5.76. The summed E-state index contributed by atoms with van der Waals surface area (Å²) in [7, 11) is 0. The molecule has 0 aromatic heterocycles. The van der Waals surface area contributed by atoms with Gasteiger partial charge in [-0.15, -0.1) is 0 Å². The zero-order valence-electron chi connectivity index (χ0n) is 18.0. The number of rotatable bonds is 18. The number of hydrogen-bond acceptors (Lipinski definition) is 2. The van der Waals surface area contributed by atoms with E-state index in [1.54, 1.807) is 0 Å². The third kappa shape index (κ3) is 12.9. The monoisotopic (exact) mass is 390 g/mol. The van der Waals surface area contributed by atoms with Crippen molar-refractivity contribution in [2.45, 2.75) is 115 Å². The summed E-state index contributed by atoms with van der Waals surface area (Å²) in [4.78, 5) is 10.8. The highest BCUT2D eigenvalue weighted by Gasteiger charge is 2.28. The van der Waals surface area contributed by atoms with E-state index in [1.807, 2.05) is 0 Å². The molecule has 0 aliphatic carbocycles. The summed E-state index contributed by atoms with van der Waals surface area (Å²) < 4.78 is 0. The molecule has 0 bridgehead atoms. The second kappa shape index (κ2) is 15.6. The van der Waals surface area contributed by atoms with Crippen LogP contribution in [0.2, 0.25) is 0 Å². The van der Waals surface area contributed by atoms with Crippen molar-refractivity contribution in [3.63, 3.8) is 0 Å². The summed E-state index contributed by atoms with van der Waals surface area (Å²) in [6.07, 6.45) is 19.3. The van der Waals surface area contributed by atoms with Gasteiger partial charge in [0, 0.05) is 0 Å². The van der Waals surface area contributed by atoms with Crippen molar-refractivity contribution in [3.05, 3.63) is 35.9 Å². The molecule has 3 nitrogen and oxygen atoms in total. The van der Waals surface area contributed by atoms with Crippen molar-refractivity contribution in [2.75, 3.05) is 0 Å². The first-order valence-corrected chi connectivity index (χ1v) is 11.5. The minimum Gasteiger partial charge on any atom is -0.479 e. The van der Waals surface area contributed by atoms with E-state index in [-0.39, 0.29) is 0 Å². The summed E-state index contributed by atoms with van der Waals surface area (Å²) in [5.41, 5.74) is -0.0864. The van der Waals surface area contributed by atoms with E-state index in [9.17, 15) is 9.90 Å². The van der Waals surface area contributed by atoms with Gasteiger partial charge in [-0.25, -0.2) is 4.79 Å². The molecule has 160 valence electrons. The Morgan fingerprint density at radius 3 is 1.54 bits per heavy atom. The van der Waals surface area contributed by atoms with E-state index in [4.69, 9.17) is 5.11 Å². The van der Waals surface area contributed by atoms with E-state index in [0.29, 0.717) is 6.42 Å². The zero-order chi connectivity index (χ0) is 20.5. The van der Waals surface area contributed by atoms with Gasteiger partial charge in [-0.2, -0.15) is 0 Å². The molecule has 0 fully saturated rings. The number of carboxylic acids is 1. The van der Waals surface area contributed by atoms with Crippen LogP contribution < -0.4 is 0 Å². The molecule has 0 amide bonds. The normalized spacial score (nSPS) is 13.4. The van der Waals surface area contributed by atoms with Gasteiger partial charge in [0.15, 0.2) is 5.60 Å². The average Bonchev–Trinajstić information content (AvgIpc) is 2.68. The number of benzene rings is 1. The van der Waals surface area contributed by atoms with E-state index in [1.165, 1.54) is 89.5 Å². The standard InChI is InChI=1S/C25H42O3/c1-25(28,24(26)27)22-18-13-11-9-7-5-3-2-4-6-8-10-12-15-19-23-20-16-14-17-21-23/h14,16-17,20-21,28H,2-13,15,18-19,22H2,1H3,(H,26,27). The number of aliphatic hydroxyl groups is 1. The van der Waals surface area contributed by atoms with Gasteiger partial charge in [0.2, 0.25) is 0 Å². The molecular formula is C25H42O3. The Labute approximate surface area is 172 Å². The van der Waals surface area contributed by atoms with Crippen molar-refractivity contribution in [1.82, 2.24) is 0 Å². The molecule has 28 heavy (non-hydrogen) atoms. The lowest BCUT2D eigenvalue weighted by molar-refractivity contribution is -0.157. The molecular weight excluding hydrogens is 348 g/mol. The van der Waals surface area contributed by atoms with Crippen molar-refractivity contribution in [2.24, 2.45) is 0 Å². The third-order valence-electron chi connectivity index (χ3n) is 5.68. The number of unbranched alkanes of at least 4 members (excludes halogenated alkanes) is 13. The smallest absolute Gasteiger partial charge is 0.335 e. The summed E-state index contributed by atoms with van der Waals surface area (Å²) in [6, 6.07) is 10.8. The molecule has 3 heteroatoms. The van der Waals surface area contributed by atoms with Crippen LogP contribution in [0, 0.1) is 0 Å². The molecule has 1 unspecified atom stereocenters. The highest BCUT2D eigenvalue weighted by atomic mass is 16.4. The lowest BCUT2D eigenvalue weighted by Crippen LogP contribution is -2.34. The quantitative estimate of drug-likeness (QED) is 0.268. The maximum Gasteiger partial charge on any atom is 0.335 e. The lowest BCUT2D eigenvalue weighted by Gasteiger charge is -2.17. The minimum absolute atomic E-state index is 0.356. The molecule has 0 spiro atoms. The van der Waals surface area contributed by atoms with Gasteiger partial charge in [0.25, 0.3) is 0 Å². The number of aliphatic carboxylic acids is 1. The van der Waals surface area contributed by atoms with Crippen molar-refractivity contribution in [1.29, 1.82) is 0 Å². The summed E-state index contributed by atoms with van der Waals surface area (Å²) in [5, 5.41) is 18.5. The van der Waals surface area contributed by atoms with Crippen LogP contribution in [-0.2, 0) is 11.2 Å². The molecule has 0 heterocycles. The largest absolute Gasteiger partial charge is 0.479 e. The van der Waals surface area contributed by atoms with Crippen LogP contribution in [0.5, 0.6) is 0 Å². The maximum atomic E-state index is 10.8. The fourth-order valence-electron chi connectivity index (χ4n) is 3.67. The summed E-state index contributed by atoms with van der Waals surface area (Å²) >= 11 is 0. The first-order chi connectivity index (χ1) is 13.5. The van der Waals surface area contributed by atoms with Crippen LogP contribution in [0.3, 0.4) is 0 Å². The average molecular weight is 391 g/mol. The topological polar surface area (TPSA) is 57.5 Å². The third-order valence-corrected chi connectivity index (χ3v) is 5.68. The molecule has 1 aromatic carbocycles. The molecule has 1 aromatic rings. The van der Waals surface area contributed by atoms with Crippen LogP contribution in [0.1, 0.15) is 109 Å². The highest BCUT2D eigenvalue weighted by Crippen LogP contribution is 2.17. The molecule has 0 aliphatic rings. The van der Waals surface area contributed by atoms with Gasteiger partial charge >= 0.3 is 5.97 Å². The SMILES string of the molecule is CC(O)(CCCCCCCCCCCCCCCCc1ccccc1)C(=O)O. The second-order valence-electron chi connectivity index (χ2n) is 8.51. The van der Waals surface area contributed by atoms with Crippen molar-refractivity contribution < 1.29 is 15.0 Å².